The van der Waals surface area contributed by atoms with E-state index in [0.29, 0.717) is 27.1 Å². The standard InChI is InChI=1S/C16H15ClN2O3S/c1-3-12-14(15(21)22-2)23-16(18-12)19-13(20)8-7-10-5-4-6-11(17)9-10/h4-9H,3H2,1-2H3,(H,18,19,20)/b8-7+. The summed E-state index contributed by atoms with van der Waals surface area (Å²) in [5.41, 5.74) is 1.42. The molecule has 120 valence electrons. The summed E-state index contributed by atoms with van der Waals surface area (Å²) >= 11 is 6.98. The van der Waals surface area contributed by atoms with Gasteiger partial charge in [0.15, 0.2) is 5.13 Å². The van der Waals surface area contributed by atoms with Crippen molar-refractivity contribution >= 4 is 46.0 Å². The van der Waals surface area contributed by atoms with Crippen molar-refractivity contribution in [3.8, 4) is 0 Å². The Balaban J connectivity index is 2.08. The smallest absolute Gasteiger partial charge is 0.350 e. The lowest BCUT2D eigenvalue weighted by Crippen LogP contribution is -2.07. The topological polar surface area (TPSA) is 68.3 Å². The summed E-state index contributed by atoms with van der Waals surface area (Å²) in [6.45, 7) is 1.88. The number of halogens is 1. The normalized spacial score (nSPS) is 10.7. The second kappa shape index (κ2) is 7.89. The fraction of sp³-hybridized carbons (Fsp3) is 0.188. The van der Waals surface area contributed by atoms with Crippen molar-refractivity contribution < 1.29 is 14.3 Å². The number of nitrogens with zero attached hydrogens (tertiary/aromatic N) is 1. The summed E-state index contributed by atoms with van der Waals surface area (Å²) in [5.74, 6) is -0.785. The Morgan fingerprint density at radius 1 is 1.43 bits per heavy atom. The van der Waals surface area contributed by atoms with Crippen LogP contribution in [-0.2, 0) is 16.0 Å². The number of amides is 1. The third-order valence-corrected chi connectivity index (χ3v) is 4.14. The zero-order chi connectivity index (χ0) is 16.8. The number of carbonyl (C=O) groups is 2. The molecule has 0 aliphatic carbocycles. The average molecular weight is 351 g/mol. The van der Waals surface area contributed by atoms with Gasteiger partial charge in [-0.2, -0.15) is 0 Å². The van der Waals surface area contributed by atoms with Gasteiger partial charge >= 0.3 is 5.97 Å². The zero-order valence-corrected chi connectivity index (χ0v) is 14.2. The van der Waals surface area contributed by atoms with Crippen LogP contribution in [0.25, 0.3) is 6.08 Å². The quantitative estimate of drug-likeness (QED) is 0.658. The van der Waals surface area contributed by atoms with E-state index in [2.05, 4.69) is 10.3 Å². The van der Waals surface area contributed by atoms with E-state index in [1.165, 1.54) is 13.2 Å². The summed E-state index contributed by atoms with van der Waals surface area (Å²) < 4.78 is 4.71. The predicted octanol–water partition coefficient (Wildman–Crippen LogP) is 3.80. The van der Waals surface area contributed by atoms with E-state index in [4.69, 9.17) is 16.3 Å². The number of carbonyl (C=O) groups excluding carboxylic acids is 2. The van der Waals surface area contributed by atoms with Crippen LogP contribution in [-0.4, -0.2) is 24.0 Å². The molecule has 23 heavy (non-hydrogen) atoms. The monoisotopic (exact) mass is 350 g/mol. The Morgan fingerprint density at radius 2 is 2.22 bits per heavy atom. The number of hydrogen-bond donors (Lipinski definition) is 1. The summed E-state index contributed by atoms with van der Waals surface area (Å²) in [6.07, 6.45) is 3.61. The van der Waals surface area contributed by atoms with E-state index < -0.39 is 5.97 Å². The number of aromatic nitrogens is 1. The first kappa shape index (κ1) is 17.2. The summed E-state index contributed by atoms with van der Waals surface area (Å²) in [4.78, 5) is 28.2. The van der Waals surface area contributed by atoms with Gasteiger partial charge in [-0.05, 0) is 30.2 Å². The number of thiazole rings is 1. The van der Waals surface area contributed by atoms with Crippen molar-refractivity contribution in [2.24, 2.45) is 0 Å². The summed E-state index contributed by atoms with van der Waals surface area (Å²) in [7, 11) is 1.31. The van der Waals surface area contributed by atoms with Crippen LogP contribution < -0.4 is 5.32 Å². The van der Waals surface area contributed by atoms with E-state index in [-0.39, 0.29) is 5.91 Å². The van der Waals surface area contributed by atoms with Crippen molar-refractivity contribution in [1.29, 1.82) is 0 Å². The van der Waals surface area contributed by atoms with Crippen LogP contribution in [0.5, 0.6) is 0 Å². The van der Waals surface area contributed by atoms with Gasteiger partial charge in [-0.15, -0.1) is 0 Å². The number of esters is 1. The molecule has 7 heteroatoms. The maximum atomic E-state index is 11.9. The van der Waals surface area contributed by atoms with Crippen molar-refractivity contribution in [3.63, 3.8) is 0 Å². The molecule has 0 bridgehead atoms. The Kier molecular flexibility index (Phi) is 5.90. The summed E-state index contributed by atoms with van der Waals surface area (Å²) in [6, 6.07) is 7.15. The SMILES string of the molecule is CCc1nc(NC(=O)/C=C/c2cccc(Cl)c2)sc1C(=O)OC. The van der Waals surface area contributed by atoms with E-state index in [0.717, 1.165) is 16.9 Å². The molecule has 2 aromatic rings. The number of aryl methyl sites for hydroxylation is 1. The molecule has 0 spiro atoms. The zero-order valence-electron chi connectivity index (χ0n) is 12.6. The molecule has 0 radical (unpaired) electrons. The maximum Gasteiger partial charge on any atom is 0.350 e. The molecule has 1 amide bonds. The van der Waals surface area contributed by atoms with Gasteiger partial charge in [-0.3, -0.25) is 10.1 Å². The van der Waals surface area contributed by atoms with Crippen LogP contribution in [0.15, 0.2) is 30.3 Å². The van der Waals surface area contributed by atoms with Crippen LogP contribution in [0.3, 0.4) is 0 Å². The highest BCUT2D eigenvalue weighted by Crippen LogP contribution is 2.24. The fourth-order valence-corrected chi connectivity index (χ4v) is 3.00. The third kappa shape index (κ3) is 4.64. The lowest BCUT2D eigenvalue weighted by molar-refractivity contribution is -0.111. The molecule has 0 saturated heterocycles. The fourth-order valence-electron chi connectivity index (χ4n) is 1.83. The van der Waals surface area contributed by atoms with Crippen molar-refractivity contribution in [1.82, 2.24) is 4.98 Å². The van der Waals surface area contributed by atoms with Crippen LogP contribution in [0.4, 0.5) is 5.13 Å². The Morgan fingerprint density at radius 3 is 2.87 bits per heavy atom. The van der Waals surface area contributed by atoms with E-state index >= 15 is 0 Å². The van der Waals surface area contributed by atoms with Gasteiger partial charge in [-0.1, -0.05) is 42.0 Å². The molecule has 0 fully saturated rings. The molecule has 1 N–H and O–H groups in total. The molecule has 1 heterocycles. The molecule has 0 aliphatic rings. The molecule has 0 atom stereocenters. The largest absolute Gasteiger partial charge is 0.465 e. The van der Waals surface area contributed by atoms with Gasteiger partial charge in [0.25, 0.3) is 0 Å². The highest BCUT2D eigenvalue weighted by Gasteiger charge is 2.18. The number of rotatable bonds is 5. The maximum absolute atomic E-state index is 11.9. The van der Waals surface area contributed by atoms with Gasteiger partial charge in [0.05, 0.1) is 12.8 Å². The van der Waals surface area contributed by atoms with Crippen LogP contribution in [0, 0.1) is 0 Å². The molecule has 0 aliphatic heterocycles. The van der Waals surface area contributed by atoms with Crippen LogP contribution in [0.2, 0.25) is 5.02 Å². The minimum absolute atomic E-state index is 0.335. The van der Waals surface area contributed by atoms with Gasteiger partial charge in [-0.25, -0.2) is 9.78 Å². The Labute approximate surface area is 143 Å². The van der Waals surface area contributed by atoms with Crippen molar-refractivity contribution in [2.45, 2.75) is 13.3 Å². The van der Waals surface area contributed by atoms with E-state index in [1.807, 2.05) is 13.0 Å². The van der Waals surface area contributed by atoms with Crippen LogP contribution in [0.1, 0.15) is 27.9 Å². The number of ether oxygens (including phenoxy) is 1. The molecule has 1 aromatic heterocycles. The lowest BCUT2D eigenvalue weighted by Gasteiger charge is -1.96. The molecule has 0 saturated carbocycles. The van der Waals surface area contributed by atoms with Gasteiger partial charge in [0.2, 0.25) is 5.91 Å². The molecule has 0 unspecified atom stereocenters. The summed E-state index contributed by atoms with van der Waals surface area (Å²) in [5, 5.41) is 3.61. The Hall–Kier alpha value is -2.18. The highest BCUT2D eigenvalue weighted by molar-refractivity contribution is 7.17. The highest BCUT2D eigenvalue weighted by atomic mass is 35.5. The minimum Gasteiger partial charge on any atom is -0.465 e. The Bertz CT molecular complexity index is 756. The second-order valence-corrected chi connectivity index (χ2v) is 5.95. The molecule has 2 rings (SSSR count). The first-order chi connectivity index (χ1) is 11.0. The first-order valence-electron chi connectivity index (χ1n) is 6.86. The van der Waals surface area contributed by atoms with E-state index in [1.54, 1.807) is 24.3 Å². The van der Waals surface area contributed by atoms with Gasteiger partial charge in [0.1, 0.15) is 4.88 Å². The van der Waals surface area contributed by atoms with Crippen molar-refractivity contribution in [3.05, 3.63) is 51.5 Å². The number of nitrogens with one attached hydrogen (secondary N) is 1. The average Bonchev–Trinajstić information content (AvgIpc) is 2.95. The molecular weight excluding hydrogens is 336 g/mol. The van der Waals surface area contributed by atoms with E-state index in [9.17, 15) is 9.59 Å². The number of benzene rings is 1. The number of anilines is 1. The number of hydrogen-bond acceptors (Lipinski definition) is 5. The lowest BCUT2D eigenvalue weighted by atomic mass is 10.2. The molecule has 5 nitrogen and oxygen atoms in total. The predicted molar refractivity (Wildman–Crippen MR) is 91.9 cm³/mol. The second-order valence-electron chi connectivity index (χ2n) is 4.52. The van der Waals surface area contributed by atoms with Crippen molar-refractivity contribution in [2.75, 3.05) is 12.4 Å². The molecule has 1 aromatic carbocycles. The van der Waals surface area contributed by atoms with Crippen LogP contribution >= 0.6 is 22.9 Å². The first-order valence-corrected chi connectivity index (χ1v) is 8.05. The third-order valence-electron chi connectivity index (χ3n) is 2.91. The minimum atomic E-state index is -0.450. The van der Waals surface area contributed by atoms with Gasteiger partial charge in [0, 0.05) is 11.1 Å². The number of methoxy groups -OCH3 is 1. The molecular formula is C16H15ClN2O3S. The van der Waals surface area contributed by atoms with Gasteiger partial charge < -0.3 is 4.74 Å².